The summed E-state index contributed by atoms with van der Waals surface area (Å²) < 4.78 is 5.86. The van der Waals surface area contributed by atoms with E-state index in [0.717, 1.165) is 15.7 Å². The molecule has 1 saturated heterocycles. The van der Waals surface area contributed by atoms with Gasteiger partial charge >= 0.3 is 0 Å². The molecule has 0 aromatic heterocycles. The zero-order valence-electron chi connectivity index (χ0n) is 13.8. The second-order valence-electron chi connectivity index (χ2n) is 5.46. The monoisotopic (exact) mass is 452 g/mol. The number of thioether (sulfide) groups is 1. The van der Waals surface area contributed by atoms with Gasteiger partial charge in [0.2, 0.25) is 0 Å². The Labute approximate surface area is 168 Å². The number of nitrogens with zero attached hydrogens (tertiary/aromatic N) is 1. The van der Waals surface area contributed by atoms with Crippen molar-refractivity contribution in [3.63, 3.8) is 0 Å². The number of carbonyl (C=O) groups excluding carboxylic acids is 1. The summed E-state index contributed by atoms with van der Waals surface area (Å²) in [7, 11) is 1.47. The molecular weight excluding hydrogens is 440 g/mol. The third kappa shape index (κ3) is 4.06. The van der Waals surface area contributed by atoms with Gasteiger partial charge in [-0.15, -0.1) is 0 Å². The Morgan fingerprint density at radius 3 is 2.81 bits per heavy atom. The Balaban J connectivity index is 1.92. The van der Waals surface area contributed by atoms with Gasteiger partial charge in [-0.1, -0.05) is 27.5 Å². The topological polar surface area (TPSA) is 70.9 Å². The van der Waals surface area contributed by atoms with E-state index in [4.69, 9.17) is 16.3 Å². The fourth-order valence-corrected chi connectivity index (χ4v) is 3.84. The van der Waals surface area contributed by atoms with Crippen molar-refractivity contribution in [2.45, 2.75) is 6.92 Å². The highest BCUT2D eigenvalue weighted by molar-refractivity contribution is 9.10. The minimum atomic E-state index is -0.279. The fraction of sp³-hybridized carbons (Fsp3) is 0.111. The lowest BCUT2D eigenvalue weighted by Crippen LogP contribution is -2.19. The molecule has 1 aliphatic heterocycles. The van der Waals surface area contributed by atoms with Crippen molar-refractivity contribution < 1.29 is 14.6 Å². The molecule has 5 nitrogen and oxygen atoms in total. The van der Waals surface area contributed by atoms with Crippen molar-refractivity contribution >= 4 is 62.1 Å². The standard InChI is InChI=1S/C18H14BrClN2O3S/c1-9-5-12(20)3-4-13(9)21-18-22-17(24)15(26-18)7-10-6-11(19)8-14(25-2)16(10)23/h3-8,23H,1-2H3,(H,21,22,24)/b15-7-. The van der Waals surface area contributed by atoms with Crippen molar-refractivity contribution in [1.82, 2.24) is 5.32 Å². The summed E-state index contributed by atoms with van der Waals surface area (Å²) in [5.41, 5.74) is 2.11. The number of rotatable bonds is 3. The predicted octanol–water partition coefficient (Wildman–Crippen LogP) is 5.02. The number of phenols is 1. The summed E-state index contributed by atoms with van der Waals surface area (Å²) >= 11 is 10.5. The maximum atomic E-state index is 12.2. The van der Waals surface area contributed by atoms with Gasteiger partial charge in [-0.3, -0.25) is 4.79 Å². The minimum Gasteiger partial charge on any atom is -0.504 e. The molecule has 8 heteroatoms. The van der Waals surface area contributed by atoms with Gasteiger partial charge in [-0.25, -0.2) is 4.99 Å². The first-order valence-corrected chi connectivity index (χ1v) is 9.48. The zero-order valence-corrected chi connectivity index (χ0v) is 17.0. The summed E-state index contributed by atoms with van der Waals surface area (Å²) in [5, 5.41) is 14.1. The van der Waals surface area contributed by atoms with Gasteiger partial charge in [-0.05, 0) is 60.7 Å². The zero-order chi connectivity index (χ0) is 18.8. The molecule has 3 rings (SSSR count). The van der Waals surface area contributed by atoms with Crippen LogP contribution < -0.4 is 10.1 Å². The average Bonchev–Trinajstić information content (AvgIpc) is 2.92. The molecule has 1 aliphatic rings. The number of methoxy groups -OCH3 is 1. The number of benzene rings is 2. The van der Waals surface area contributed by atoms with Crippen molar-refractivity contribution in [2.75, 3.05) is 7.11 Å². The van der Waals surface area contributed by atoms with Crippen LogP contribution in [-0.4, -0.2) is 23.3 Å². The van der Waals surface area contributed by atoms with Crippen molar-refractivity contribution in [3.05, 3.63) is 55.9 Å². The first-order valence-electron chi connectivity index (χ1n) is 7.49. The average molecular weight is 454 g/mol. The quantitative estimate of drug-likeness (QED) is 0.640. The molecule has 1 heterocycles. The van der Waals surface area contributed by atoms with Gasteiger partial charge < -0.3 is 15.2 Å². The van der Waals surface area contributed by atoms with Crippen LogP contribution in [0.2, 0.25) is 5.02 Å². The number of amidine groups is 1. The second kappa shape index (κ2) is 7.73. The molecule has 1 fully saturated rings. The number of hydrogen-bond donors (Lipinski definition) is 2. The van der Waals surface area contributed by atoms with E-state index in [2.05, 4.69) is 26.2 Å². The van der Waals surface area contributed by atoms with E-state index >= 15 is 0 Å². The van der Waals surface area contributed by atoms with E-state index in [1.165, 1.54) is 18.9 Å². The first kappa shape index (κ1) is 18.8. The molecule has 0 saturated carbocycles. The minimum absolute atomic E-state index is 0.0319. The maximum absolute atomic E-state index is 12.2. The molecule has 0 aliphatic carbocycles. The van der Waals surface area contributed by atoms with Gasteiger partial charge in [0.15, 0.2) is 16.7 Å². The molecule has 26 heavy (non-hydrogen) atoms. The second-order valence-corrected chi connectivity index (χ2v) is 7.84. The third-order valence-electron chi connectivity index (χ3n) is 3.61. The van der Waals surface area contributed by atoms with Crippen LogP contribution in [0.25, 0.3) is 6.08 Å². The summed E-state index contributed by atoms with van der Waals surface area (Å²) in [6, 6.07) is 8.71. The molecule has 0 radical (unpaired) electrons. The van der Waals surface area contributed by atoms with E-state index in [0.29, 0.717) is 26.4 Å². The highest BCUT2D eigenvalue weighted by Crippen LogP contribution is 2.37. The van der Waals surface area contributed by atoms with E-state index in [1.807, 2.05) is 13.0 Å². The van der Waals surface area contributed by atoms with Crippen LogP contribution in [0, 0.1) is 6.92 Å². The van der Waals surface area contributed by atoms with Gasteiger partial charge in [0, 0.05) is 15.1 Å². The lowest BCUT2D eigenvalue weighted by Gasteiger charge is -2.07. The molecule has 1 amide bonds. The number of phenolic OH excluding ortho intramolecular Hbond substituents is 1. The Kier molecular flexibility index (Phi) is 5.60. The van der Waals surface area contributed by atoms with Crippen LogP contribution in [0.15, 0.2) is 44.7 Å². The van der Waals surface area contributed by atoms with E-state index in [1.54, 1.807) is 30.3 Å². The molecule has 134 valence electrons. The number of hydrogen-bond acceptors (Lipinski definition) is 5. The summed E-state index contributed by atoms with van der Waals surface area (Å²) in [4.78, 5) is 17.1. The molecule has 0 unspecified atom stereocenters. The lowest BCUT2D eigenvalue weighted by molar-refractivity contribution is -0.115. The lowest BCUT2D eigenvalue weighted by atomic mass is 10.1. The van der Waals surface area contributed by atoms with Gasteiger partial charge in [0.25, 0.3) is 5.91 Å². The Morgan fingerprint density at radius 1 is 1.35 bits per heavy atom. The molecule has 2 aromatic rings. The van der Waals surface area contributed by atoms with Crippen molar-refractivity contribution in [3.8, 4) is 11.5 Å². The van der Waals surface area contributed by atoms with Gasteiger partial charge in [-0.2, -0.15) is 0 Å². The Morgan fingerprint density at radius 2 is 2.12 bits per heavy atom. The number of aryl methyl sites for hydroxylation is 1. The largest absolute Gasteiger partial charge is 0.504 e. The van der Waals surface area contributed by atoms with Gasteiger partial charge in [0.05, 0.1) is 17.7 Å². The predicted molar refractivity (Wildman–Crippen MR) is 109 cm³/mol. The van der Waals surface area contributed by atoms with Crippen molar-refractivity contribution in [1.29, 1.82) is 0 Å². The highest BCUT2D eigenvalue weighted by Gasteiger charge is 2.25. The van der Waals surface area contributed by atoms with Gasteiger partial charge in [0.1, 0.15) is 0 Å². The van der Waals surface area contributed by atoms with Crippen LogP contribution in [-0.2, 0) is 4.79 Å². The van der Waals surface area contributed by atoms with E-state index in [9.17, 15) is 9.90 Å². The Bertz CT molecular complexity index is 960. The third-order valence-corrected chi connectivity index (χ3v) is 5.21. The molecular formula is C18H14BrClN2O3S. The van der Waals surface area contributed by atoms with Crippen molar-refractivity contribution in [2.24, 2.45) is 4.99 Å². The molecule has 2 aromatic carbocycles. The number of amides is 1. The molecule has 0 atom stereocenters. The summed E-state index contributed by atoms with van der Waals surface area (Å²) in [6.45, 7) is 1.90. The number of ether oxygens (including phenoxy) is 1. The summed E-state index contributed by atoms with van der Waals surface area (Å²) in [5.74, 6) is 0.00885. The smallest absolute Gasteiger partial charge is 0.264 e. The summed E-state index contributed by atoms with van der Waals surface area (Å²) in [6.07, 6.45) is 1.60. The molecule has 0 bridgehead atoms. The number of nitrogens with one attached hydrogen (secondary N) is 1. The number of aromatic hydroxyl groups is 1. The number of aliphatic imine (C=N–C) groups is 1. The number of carbonyl (C=O) groups is 1. The van der Waals surface area contributed by atoms with Crippen LogP contribution in [0.4, 0.5) is 5.69 Å². The van der Waals surface area contributed by atoms with Crippen LogP contribution in [0.1, 0.15) is 11.1 Å². The van der Waals surface area contributed by atoms with E-state index in [-0.39, 0.29) is 11.7 Å². The Hall–Kier alpha value is -1.96. The van der Waals surface area contributed by atoms with Crippen LogP contribution in [0.3, 0.4) is 0 Å². The normalized spacial score (nSPS) is 17.0. The molecule has 0 spiro atoms. The number of halogens is 2. The highest BCUT2D eigenvalue weighted by atomic mass is 79.9. The maximum Gasteiger partial charge on any atom is 0.264 e. The van der Waals surface area contributed by atoms with E-state index < -0.39 is 0 Å². The fourth-order valence-electron chi connectivity index (χ4n) is 2.34. The van der Waals surface area contributed by atoms with Crippen LogP contribution in [0.5, 0.6) is 11.5 Å². The first-order chi connectivity index (χ1) is 12.4. The van der Waals surface area contributed by atoms with Crippen LogP contribution >= 0.6 is 39.3 Å². The molecule has 2 N–H and O–H groups in total. The SMILES string of the molecule is COc1cc(Br)cc(/C=C2\SC(=Nc3ccc(Cl)cc3C)NC2=O)c1O.